The molecule has 0 aromatic carbocycles. The van der Waals surface area contributed by atoms with Crippen LogP contribution in [0.4, 0.5) is 0 Å². The average Bonchev–Trinajstić information content (AvgIpc) is 2.06. The Hall–Kier alpha value is 0.460. The van der Waals surface area contributed by atoms with Crippen molar-refractivity contribution in [1.29, 1.82) is 0 Å². The Morgan fingerprint density at radius 2 is 1.85 bits per heavy atom. The zero-order chi connectivity index (χ0) is 7.90. The van der Waals surface area contributed by atoms with Crippen molar-refractivity contribution in [2.75, 3.05) is 26.2 Å². The fraction of sp³-hybridized carbons (Fsp3) is 1.00. The van der Waals surface area contributed by atoms with Gasteiger partial charge in [-0.2, -0.15) is 0 Å². The smallest absolute Gasteiger partial charge is 0.0924 e. The minimum absolute atomic E-state index is 0. The molecule has 0 amide bonds. The number of fused-ring (bicyclic) bond motifs is 3. The van der Waals surface area contributed by atoms with Crippen molar-refractivity contribution in [3.8, 4) is 0 Å². The summed E-state index contributed by atoms with van der Waals surface area (Å²) < 4.78 is 0. The van der Waals surface area contributed by atoms with Crippen LogP contribution in [0, 0.1) is 5.92 Å². The van der Waals surface area contributed by atoms with Gasteiger partial charge in [0.2, 0.25) is 0 Å². The van der Waals surface area contributed by atoms with Crippen LogP contribution in [0.3, 0.4) is 0 Å². The van der Waals surface area contributed by atoms with Crippen molar-refractivity contribution in [2.24, 2.45) is 11.7 Å². The second kappa shape index (κ2) is 4.80. The molecule has 1 atom stereocenters. The van der Waals surface area contributed by atoms with Gasteiger partial charge in [-0.25, -0.2) is 0 Å². The molecule has 3 saturated heterocycles. The molecule has 3 N–H and O–H groups in total. The number of nitrogens with zero attached hydrogens (tertiary/aromatic N) is 1. The summed E-state index contributed by atoms with van der Waals surface area (Å²) in [6.45, 7) is 3.54. The topological polar surface area (TPSA) is 49.5 Å². The van der Waals surface area contributed by atoms with E-state index >= 15 is 0 Å². The van der Waals surface area contributed by atoms with E-state index in [4.69, 9.17) is 5.73 Å². The largest absolute Gasteiger partial charge is 0.387 e. The summed E-state index contributed by atoms with van der Waals surface area (Å²) in [7, 11) is 0. The number of halogens is 2. The first-order valence-electron chi connectivity index (χ1n) is 4.39. The first-order valence-corrected chi connectivity index (χ1v) is 4.39. The summed E-state index contributed by atoms with van der Waals surface area (Å²) >= 11 is 0. The van der Waals surface area contributed by atoms with Crippen LogP contribution in [-0.2, 0) is 0 Å². The van der Waals surface area contributed by atoms with E-state index in [2.05, 4.69) is 4.90 Å². The zero-order valence-electron chi connectivity index (χ0n) is 7.61. The van der Waals surface area contributed by atoms with Crippen molar-refractivity contribution in [3.63, 3.8) is 0 Å². The molecule has 2 bridgehead atoms. The maximum absolute atomic E-state index is 10.0. The molecule has 3 heterocycles. The minimum Gasteiger partial charge on any atom is -0.387 e. The summed E-state index contributed by atoms with van der Waals surface area (Å²) in [5, 5.41) is 10.0. The van der Waals surface area contributed by atoms with Crippen molar-refractivity contribution >= 4 is 24.8 Å². The summed E-state index contributed by atoms with van der Waals surface area (Å²) in [4.78, 5) is 2.31. The number of aliphatic hydroxyl groups is 1. The van der Waals surface area contributed by atoms with E-state index in [1.54, 1.807) is 0 Å². The highest BCUT2D eigenvalue weighted by atomic mass is 35.5. The SMILES string of the molecule is Cl.Cl.NC[C@]1(O)CN2CCC1CC2. The molecule has 80 valence electrons. The summed E-state index contributed by atoms with van der Waals surface area (Å²) in [6.07, 6.45) is 2.27. The molecule has 3 aliphatic rings. The van der Waals surface area contributed by atoms with Gasteiger partial charge in [0.25, 0.3) is 0 Å². The molecular formula is C8H18Cl2N2O. The Morgan fingerprint density at radius 1 is 1.31 bits per heavy atom. The van der Waals surface area contributed by atoms with Crippen LogP contribution in [0.25, 0.3) is 0 Å². The number of hydrogen-bond acceptors (Lipinski definition) is 3. The lowest BCUT2D eigenvalue weighted by Crippen LogP contribution is -2.62. The molecule has 0 aromatic heterocycles. The third-order valence-electron chi connectivity index (χ3n) is 3.20. The van der Waals surface area contributed by atoms with E-state index in [-0.39, 0.29) is 24.8 Å². The Morgan fingerprint density at radius 3 is 2.08 bits per heavy atom. The third kappa shape index (κ3) is 2.28. The van der Waals surface area contributed by atoms with Gasteiger partial charge >= 0.3 is 0 Å². The van der Waals surface area contributed by atoms with Gasteiger partial charge in [-0.15, -0.1) is 24.8 Å². The van der Waals surface area contributed by atoms with E-state index in [0.29, 0.717) is 12.5 Å². The fourth-order valence-electron chi connectivity index (χ4n) is 2.38. The Balaban J connectivity index is 0.000000720. The lowest BCUT2D eigenvalue weighted by molar-refractivity contribution is -0.104. The standard InChI is InChI=1S/C8H16N2O.2ClH/c9-5-8(11)6-10-3-1-7(8)2-4-10;;/h7,11H,1-6,9H2;2*1H/t8-;;/m0../s1. The van der Waals surface area contributed by atoms with Gasteiger partial charge in [0.15, 0.2) is 0 Å². The third-order valence-corrected chi connectivity index (χ3v) is 3.20. The molecule has 3 aliphatic heterocycles. The van der Waals surface area contributed by atoms with Gasteiger partial charge in [-0.3, -0.25) is 0 Å². The predicted molar refractivity (Wildman–Crippen MR) is 57.7 cm³/mol. The van der Waals surface area contributed by atoms with Crippen LogP contribution in [0.5, 0.6) is 0 Å². The molecule has 3 rings (SSSR count). The first kappa shape index (κ1) is 13.5. The lowest BCUT2D eigenvalue weighted by atomic mass is 9.75. The van der Waals surface area contributed by atoms with Crippen molar-refractivity contribution in [3.05, 3.63) is 0 Å². The quantitative estimate of drug-likeness (QED) is 0.677. The van der Waals surface area contributed by atoms with Crippen molar-refractivity contribution in [2.45, 2.75) is 18.4 Å². The van der Waals surface area contributed by atoms with Crippen LogP contribution in [-0.4, -0.2) is 41.8 Å². The van der Waals surface area contributed by atoms with E-state index in [1.165, 1.54) is 0 Å². The lowest BCUT2D eigenvalue weighted by Gasteiger charge is -2.49. The Labute approximate surface area is 91.5 Å². The maximum atomic E-state index is 10.0. The van der Waals surface area contributed by atoms with Gasteiger partial charge < -0.3 is 15.7 Å². The minimum atomic E-state index is -0.559. The fourth-order valence-corrected chi connectivity index (χ4v) is 2.38. The van der Waals surface area contributed by atoms with Crippen LogP contribution in [0.1, 0.15) is 12.8 Å². The highest BCUT2D eigenvalue weighted by Gasteiger charge is 2.44. The van der Waals surface area contributed by atoms with Crippen LogP contribution in [0.2, 0.25) is 0 Å². The summed E-state index contributed by atoms with van der Waals surface area (Å²) in [6, 6.07) is 0. The summed E-state index contributed by atoms with van der Waals surface area (Å²) in [5.74, 6) is 0.470. The normalized spacial score (nSPS) is 42.0. The molecule has 13 heavy (non-hydrogen) atoms. The second-order valence-corrected chi connectivity index (χ2v) is 3.86. The number of hydrogen-bond donors (Lipinski definition) is 2. The predicted octanol–water partition coefficient (Wildman–Crippen LogP) is 0.245. The second-order valence-electron chi connectivity index (χ2n) is 3.86. The molecule has 3 nitrogen and oxygen atoms in total. The van der Waals surface area contributed by atoms with Crippen LogP contribution < -0.4 is 5.73 Å². The molecule has 5 heteroatoms. The monoisotopic (exact) mass is 228 g/mol. The molecule has 0 unspecified atom stereocenters. The molecule has 0 radical (unpaired) electrons. The van der Waals surface area contributed by atoms with E-state index in [1.807, 2.05) is 0 Å². The molecule has 0 aliphatic carbocycles. The van der Waals surface area contributed by atoms with Gasteiger partial charge in [-0.05, 0) is 31.8 Å². The molecule has 3 fully saturated rings. The highest BCUT2D eigenvalue weighted by molar-refractivity contribution is 5.85. The van der Waals surface area contributed by atoms with Gasteiger partial charge in [0, 0.05) is 13.1 Å². The van der Waals surface area contributed by atoms with Crippen molar-refractivity contribution in [1.82, 2.24) is 4.90 Å². The molecule has 0 saturated carbocycles. The van der Waals surface area contributed by atoms with E-state index in [0.717, 1.165) is 32.5 Å². The molecular weight excluding hydrogens is 211 g/mol. The number of nitrogens with two attached hydrogens (primary N) is 1. The highest BCUT2D eigenvalue weighted by Crippen LogP contribution is 2.34. The Bertz CT molecular complexity index is 162. The first-order chi connectivity index (χ1) is 5.24. The van der Waals surface area contributed by atoms with Crippen molar-refractivity contribution < 1.29 is 5.11 Å². The van der Waals surface area contributed by atoms with E-state index in [9.17, 15) is 5.11 Å². The van der Waals surface area contributed by atoms with Gasteiger partial charge in [-0.1, -0.05) is 0 Å². The maximum Gasteiger partial charge on any atom is 0.0924 e. The molecule has 0 aromatic rings. The van der Waals surface area contributed by atoms with Crippen LogP contribution >= 0.6 is 24.8 Å². The summed E-state index contributed by atoms with van der Waals surface area (Å²) in [5.41, 5.74) is 4.99. The number of rotatable bonds is 1. The van der Waals surface area contributed by atoms with Gasteiger partial charge in [0.05, 0.1) is 5.60 Å². The Kier molecular flexibility index (Phi) is 4.97. The van der Waals surface area contributed by atoms with Gasteiger partial charge in [0.1, 0.15) is 0 Å². The number of piperidine rings is 3. The van der Waals surface area contributed by atoms with E-state index < -0.39 is 5.60 Å². The van der Waals surface area contributed by atoms with Crippen LogP contribution in [0.15, 0.2) is 0 Å². The average molecular weight is 229 g/mol. The molecule has 0 spiro atoms. The zero-order valence-corrected chi connectivity index (χ0v) is 9.24.